The second kappa shape index (κ2) is 10.6. The molecule has 28 heavy (non-hydrogen) atoms. The summed E-state index contributed by atoms with van der Waals surface area (Å²) < 4.78 is 16.2. The first-order valence-corrected chi connectivity index (χ1v) is 9.83. The van der Waals surface area contributed by atoms with Gasteiger partial charge in [-0.1, -0.05) is 0 Å². The van der Waals surface area contributed by atoms with Crippen LogP contribution >= 0.6 is 11.3 Å². The summed E-state index contributed by atoms with van der Waals surface area (Å²) in [6.07, 6.45) is 0. The minimum Gasteiger partial charge on any atom is -0.493 e. The molecule has 2 N–H and O–H groups in total. The Morgan fingerprint density at radius 1 is 1.11 bits per heavy atom. The largest absolute Gasteiger partial charge is 0.493 e. The summed E-state index contributed by atoms with van der Waals surface area (Å²) in [5.74, 6) is 2.52. The molecular weight excluding hydrogens is 378 g/mol. The molecule has 1 aromatic carbocycles. The SMILES string of the molecule is CCNC(=NCc1cc(OC)c(OC)c(OC)c1)NCc1csc(N(C)C)n1. The van der Waals surface area contributed by atoms with E-state index in [0.717, 1.165) is 28.9 Å². The molecule has 0 saturated carbocycles. The van der Waals surface area contributed by atoms with Gasteiger partial charge < -0.3 is 29.7 Å². The van der Waals surface area contributed by atoms with Gasteiger partial charge in [-0.3, -0.25) is 0 Å². The highest BCUT2D eigenvalue weighted by molar-refractivity contribution is 7.13. The van der Waals surface area contributed by atoms with Crippen LogP contribution in [0, 0.1) is 0 Å². The molecule has 0 aliphatic heterocycles. The van der Waals surface area contributed by atoms with Crippen molar-refractivity contribution in [1.29, 1.82) is 0 Å². The Kier molecular flexibility index (Phi) is 8.19. The molecule has 0 bridgehead atoms. The number of nitrogens with zero attached hydrogens (tertiary/aromatic N) is 3. The summed E-state index contributed by atoms with van der Waals surface area (Å²) in [5, 5.41) is 9.60. The Balaban J connectivity index is 2.11. The molecule has 2 aromatic rings. The number of aliphatic imine (C=N–C) groups is 1. The number of guanidine groups is 1. The van der Waals surface area contributed by atoms with Crippen LogP contribution in [0.5, 0.6) is 17.2 Å². The van der Waals surface area contributed by atoms with E-state index in [2.05, 4.69) is 20.6 Å². The lowest BCUT2D eigenvalue weighted by molar-refractivity contribution is 0.324. The van der Waals surface area contributed by atoms with Crippen LogP contribution < -0.4 is 29.7 Å². The van der Waals surface area contributed by atoms with Gasteiger partial charge in [-0.05, 0) is 24.6 Å². The molecule has 0 unspecified atom stereocenters. The fraction of sp³-hybridized carbons (Fsp3) is 0.474. The second-order valence-electron chi connectivity index (χ2n) is 6.10. The maximum absolute atomic E-state index is 5.40. The predicted molar refractivity (Wildman–Crippen MR) is 114 cm³/mol. The quantitative estimate of drug-likeness (QED) is 0.488. The van der Waals surface area contributed by atoms with E-state index in [1.807, 2.05) is 43.4 Å². The van der Waals surface area contributed by atoms with E-state index in [-0.39, 0.29) is 0 Å². The number of ether oxygens (including phenoxy) is 3. The minimum absolute atomic E-state index is 0.464. The van der Waals surface area contributed by atoms with Crippen LogP contribution in [-0.4, -0.2) is 52.9 Å². The van der Waals surface area contributed by atoms with E-state index in [0.29, 0.717) is 30.3 Å². The summed E-state index contributed by atoms with van der Waals surface area (Å²) in [7, 11) is 8.77. The standard InChI is InChI=1S/C19H29N5O3S/c1-7-20-18(22-11-14-12-28-19(23-14)24(2)3)21-10-13-8-15(25-4)17(27-6)16(9-13)26-5/h8-9,12H,7,10-11H2,1-6H3,(H2,20,21,22). The molecule has 1 aromatic heterocycles. The monoisotopic (exact) mass is 407 g/mol. The third kappa shape index (κ3) is 5.66. The Morgan fingerprint density at radius 3 is 2.29 bits per heavy atom. The Morgan fingerprint density at radius 2 is 1.79 bits per heavy atom. The zero-order chi connectivity index (χ0) is 20.5. The van der Waals surface area contributed by atoms with Gasteiger partial charge in [-0.15, -0.1) is 11.3 Å². The van der Waals surface area contributed by atoms with E-state index in [9.17, 15) is 0 Å². The lowest BCUT2D eigenvalue weighted by Gasteiger charge is -2.14. The molecule has 0 aliphatic carbocycles. The highest BCUT2D eigenvalue weighted by Gasteiger charge is 2.13. The Bertz CT molecular complexity index is 767. The number of thiazole rings is 1. The van der Waals surface area contributed by atoms with Crippen molar-refractivity contribution in [2.75, 3.05) is 46.9 Å². The average molecular weight is 408 g/mol. The van der Waals surface area contributed by atoms with Gasteiger partial charge in [0.2, 0.25) is 5.75 Å². The zero-order valence-corrected chi connectivity index (χ0v) is 18.1. The minimum atomic E-state index is 0.464. The molecule has 9 heteroatoms. The summed E-state index contributed by atoms with van der Waals surface area (Å²) in [6.45, 7) is 3.86. The molecule has 0 radical (unpaired) electrons. The molecular formula is C19H29N5O3S. The van der Waals surface area contributed by atoms with Gasteiger partial charge in [0, 0.05) is 26.0 Å². The van der Waals surface area contributed by atoms with Crippen molar-refractivity contribution in [3.63, 3.8) is 0 Å². The maximum atomic E-state index is 5.40. The van der Waals surface area contributed by atoms with Crippen LogP contribution in [0.15, 0.2) is 22.5 Å². The fourth-order valence-corrected chi connectivity index (χ4v) is 3.25. The van der Waals surface area contributed by atoms with E-state index in [1.165, 1.54) is 0 Å². The third-order valence-corrected chi connectivity index (χ3v) is 4.90. The molecule has 0 amide bonds. The second-order valence-corrected chi connectivity index (χ2v) is 6.93. The summed E-state index contributed by atoms with van der Waals surface area (Å²) >= 11 is 1.62. The topological polar surface area (TPSA) is 80.2 Å². The number of hydrogen-bond donors (Lipinski definition) is 2. The highest BCUT2D eigenvalue weighted by atomic mass is 32.1. The van der Waals surface area contributed by atoms with Gasteiger partial charge in [-0.2, -0.15) is 0 Å². The highest BCUT2D eigenvalue weighted by Crippen LogP contribution is 2.38. The van der Waals surface area contributed by atoms with Gasteiger partial charge in [0.25, 0.3) is 0 Å². The van der Waals surface area contributed by atoms with Gasteiger partial charge in [0.05, 0.1) is 40.1 Å². The van der Waals surface area contributed by atoms with Crippen LogP contribution in [0.3, 0.4) is 0 Å². The third-order valence-electron chi connectivity index (χ3n) is 3.85. The number of methoxy groups -OCH3 is 3. The van der Waals surface area contributed by atoms with Crippen molar-refractivity contribution >= 4 is 22.4 Å². The molecule has 0 spiro atoms. The maximum Gasteiger partial charge on any atom is 0.203 e. The number of anilines is 1. The van der Waals surface area contributed by atoms with E-state index in [1.54, 1.807) is 32.7 Å². The lowest BCUT2D eigenvalue weighted by Crippen LogP contribution is -2.36. The molecule has 0 fully saturated rings. The van der Waals surface area contributed by atoms with Crippen molar-refractivity contribution in [3.05, 3.63) is 28.8 Å². The van der Waals surface area contributed by atoms with Gasteiger partial charge >= 0.3 is 0 Å². The number of nitrogens with one attached hydrogen (secondary N) is 2. The van der Waals surface area contributed by atoms with Crippen molar-refractivity contribution in [2.45, 2.75) is 20.0 Å². The zero-order valence-electron chi connectivity index (χ0n) is 17.3. The van der Waals surface area contributed by atoms with Gasteiger partial charge in [0.1, 0.15) is 0 Å². The van der Waals surface area contributed by atoms with Crippen LogP contribution in [0.4, 0.5) is 5.13 Å². The number of aromatic nitrogens is 1. The van der Waals surface area contributed by atoms with Crippen molar-refractivity contribution in [2.24, 2.45) is 4.99 Å². The number of benzene rings is 1. The van der Waals surface area contributed by atoms with Crippen molar-refractivity contribution in [3.8, 4) is 17.2 Å². The first kappa shape index (κ1) is 21.6. The predicted octanol–water partition coefficient (Wildman–Crippen LogP) is 2.49. The average Bonchev–Trinajstić information content (AvgIpc) is 3.18. The Hall–Kier alpha value is -2.68. The van der Waals surface area contributed by atoms with Crippen molar-refractivity contribution < 1.29 is 14.2 Å². The van der Waals surface area contributed by atoms with E-state index >= 15 is 0 Å². The van der Waals surface area contributed by atoms with Crippen LogP contribution in [0.1, 0.15) is 18.2 Å². The van der Waals surface area contributed by atoms with Crippen LogP contribution in [0.2, 0.25) is 0 Å². The Labute approximate surface area is 170 Å². The van der Waals surface area contributed by atoms with E-state index in [4.69, 9.17) is 14.2 Å². The molecule has 154 valence electrons. The normalized spacial score (nSPS) is 11.1. The first-order chi connectivity index (χ1) is 13.5. The fourth-order valence-electron chi connectivity index (χ4n) is 2.50. The number of hydrogen-bond acceptors (Lipinski definition) is 7. The summed E-state index contributed by atoms with van der Waals surface area (Å²) in [5.41, 5.74) is 1.93. The lowest BCUT2D eigenvalue weighted by atomic mass is 10.2. The summed E-state index contributed by atoms with van der Waals surface area (Å²) in [4.78, 5) is 11.2. The van der Waals surface area contributed by atoms with Crippen molar-refractivity contribution in [1.82, 2.24) is 15.6 Å². The smallest absolute Gasteiger partial charge is 0.203 e. The first-order valence-electron chi connectivity index (χ1n) is 8.95. The number of rotatable bonds is 9. The molecule has 0 saturated heterocycles. The molecule has 8 nitrogen and oxygen atoms in total. The summed E-state index contributed by atoms with van der Waals surface area (Å²) in [6, 6.07) is 3.80. The van der Waals surface area contributed by atoms with Crippen LogP contribution in [0.25, 0.3) is 0 Å². The molecule has 0 aliphatic rings. The molecule has 2 rings (SSSR count). The van der Waals surface area contributed by atoms with Crippen LogP contribution in [-0.2, 0) is 13.1 Å². The van der Waals surface area contributed by atoms with Gasteiger partial charge in [-0.25, -0.2) is 9.98 Å². The molecule has 1 heterocycles. The molecule has 0 atom stereocenters. The van der Waals surface area contributed by atoms with E-state index < -0.39 is 0 Å². The van der Waals surface area contributed by atoms with Gasteiger partial charge in [0.15, 0.2) is 22.6 Å².